The summed E-state index contributed by atoms with van der Waals surface area (Å²) in [7, 11) is -3.63. The van der Waals surface area contributed by atoms with Gasteiger partial charge >= 0.3 is 0 Å². The Hall–Kier alpha value is -2.34. The van der Waals surface area contributed by atoms with E-state index in [4.69, 9.17) is 0 Å². The molecule has 2 rings (SSSR count). The Bertz CT molecular complexity index is 926. The Kier molecular flexibility index (Phi) is 7.85. The van der Waals surface area contributed by atoms with Crippen LogP contribution in [0.4, 0.5) is 5.69 Å². The van der Waals surface area contributed by atoms with Crippen LogP contribution in [0, 0.1) is 13.8 Å². The molecule has 0 unspecified atom stereocenters. The van der Waals surface area contributed by atoms with Gasteiger partial charge in [-0.3, -0.25) is 9.10 Å². The number of benzene rings is 2. The first-order valence-electron chi connectivity index (χ1n) is 10.0. The van der Waals surface area contributed by atoms with Crippen molar-refractivity contribution < 1.29 is 13.2 Å². The molecule has 0 aliphatic heterocycles. The van der Waals surface area contributed by atoms with Crippen molar-refractivity contribution in [2.75, 3.05) is 10.6 Å². The lowest BCUT2D eigenvalue weighted by Crippen LogP contribution is -2.51. The summed E-state index contributed by atoms with van der Waals surface area (Å²) in [5.74, 6) is -0.264. The van der Waals surface area contributed by atoms with Crippen molar-refractivity contribution in [3.63, 3.8) is 0 Å². The maximum absolute atomic E-state index is 13.0. The third kappa shape index (κ3) is 6.32. The molecule has 6 heteroatoms. The van der Waals surface area contributed by atoms with Crippen LogP contribution in [-0.4, -0.2) is 32.7 Å². The van der Waals surface area contributed by atoms with E-state index in [2.05, 4.69) is 17.4 Å². The normalized spacial score (nSPS) is 13.6. The lowest BCUT2D eigenvalue weighted by atomic mass is 10.1. The second kappa shape index (κ2) is 9.92. The lowest BCUT2D eigenvalue weighted by molar-refractivity contribution is -0.122. The van der Waals surface area contributed by atoms with E-state index in [0.717, 1.165) is 30.2 Å². The van der Waals surface area contributed by atoms with Crippen LogP contribution in [0.5, 0.6) is 0 Å². The second-order valence-corrected chi connectivity index (χ2v) is 9.57. The zero-order valence-corrected chi connectivity index (χ0v) is 18.8. The number of hydrogen-bond donors (Lipinski definition) is 1. The molecule has 0 aliphatic carbocycles. The van der Waals surface area contributed by atoms with Crippen LogP contribution < -0.4 is 9.62 Å². The van der Waals surface area contributed by atoms with E-state index in [9.17, 15) is 13.2 Å². The van der Waals surface area contributed by atoms with Gasteiger partial charge < -0.3 is 5.32 Å². The Balaban J connectivity index is 2.19. The monoisotopic (exact) mass is 416 g/mol. The number of anilines is 1. The topological polar surface area (TPSA) is 66.5 Å². The summed E-state index contributed by atoms with van der Waals surface area (Å²) in [6.45, 7) is 7.56. The van der Waals surface area contributed by atoms with Crippen LogP contribution in [0.2, 0.25) is 0 Å². The van der Waals surface area contributed by atoms with Gasteiger partial charge in [0.25, 0.3) is 0 Å². The molecule has 0 radical (unpaired) electrons. The molecule has 29 heavy (non-hydrogen) atoms. The molecule has 158 valence electrons. The average molecular weight is 417 g/mol. The Morgan fingerprint density at radius 2 is 1.76 bits per heavy atom. The first-order valence-corrected chi connectivity index (χ1v) is 11.9. The fourth-order valence-corrected chi connectivity index (χ4v) is 4.69. The summed E-state index contributed by atoms with van der Waals surface area (Å²) in [5, 5.41) is 3.01. The number of carbonyl (C=O) groups is 1. The molecule has 0 aliphatic rings. The van der Waals surface area contributed by atoms with Crippen molar-refractivity contribution in [3.8, 4) is 0 Å². The molecule has 2 aromatic rings. The summed E-state index contributed by atoms with van der Waals surface area (Å²) < 4.78 is 26.6. The summed E-state index contributed by atoms with van der Waals surface area (Å²) in [4.78, 5) is 13.0. The molecule has 1 amide bonds. The smallest absolute Gasteiger partial charge is 0.244 e. The molecular weight excluding hydrogens is 384 g/mol. The SMILES string of the molecule is CC[C@H](C(=O)N[C@@H](C)CCc1ccccc1)N(c1cc(C)ccc1C)S(C)(=O)=O. The van der Waals surface area contributed by atoms with Gasteiger partial charge in [0.2, 0.25) is 15.9 Å². The zero-order valence-electron chi connectivity index (χ0n) is 18.0. The summed E-state index contributed by atoms with van der Waals surface area (Å²) in [6.07, 6.45) is 3.18. The van der Waals surface area contributed by atoms with Crippen LogP contribution in [-0.2, 0) is 21.2 Å². The molecule has 2 aromatic carbocycles. The molecule has 0 aromatic heterocycles. The number of sulfonamides is 1. The minimum Gasteiger partial charge on any atom is -0.352 e. The van der Waals surface area contributed by atoms with E-state index in [1.807, 2.05) is 64.1 Å². The van der Waals surface area contributed by atoms with Crippen molar-refractivity contribution in [3.05, 3.63) is 65.2 Å². The van der Waals surface area contributed by atoms with Crippen LogP contribution in [0.1, 0.15) is 43.4 Å². The second-order valence-electron chi connectivity index (χ2n) is 7.71. The Morgan fingerprint density at radius 3 is 2.34 bits per heavy atom. The number of hydrogen-bond acceptors (Lipinski definition) is 3. The van der Waals surface area contributed by atoms with Crippen molar-refractivity contribution >= 4 is 21.6 Å². The van der Waals surface area contributed by atoms with Gasteiger partial charge in [-0.2, -0.15) is 0 Å². The molecule has 0 spiro atoms. The number of aryl methyl sites for hydroxylation is 3. The highest BCUT2D eigenvalue weighted by molar-refractivity contribution is 7.92. The van der Waals surface area contributed by atoms with E-state index >= 15 is 0 Å². The van der Waals surface area contributed by atoms with Crippen LogP contribution in [0.25, 0.3) is 0 Å². The van der Waals surface area contributed by atoms with Gasteiger partial charge in [0.05, 0.1) is 11.9 Å². The molecule has 0 fully saturated rings. The number of rotatable bonds is 9. The fraction of sp³-hybridized carbons (Fsp3) is 0.435. The summed E-state index contributed by atoms with van der Waals surface area (Å²) in [5.41, 5.74) is 3.55. The van der Waals surface area contributed by atoms with Crippen molar-refractivity contribution in [1.82, 2.24) is 5.32 Å². The highest BCUT2D eigenvalue weighted by atomic mass is 32.2. The lowest BCUT2D eigenvalue weighted by Gasteiger charge is -2.32. The number of amides is 1. The van der Waals surface area contributed by atoms with E-state index in [0.29, 0.717) is 12.1 Å². The van der Waals surface area contributed by atoms with Gasteiger partial charge in [0.15, 0.2) is 0 Å². The van der Waals surface area contributed by atoms with Gasteiger partial charge in [-0.1, -0.05) is 49.4 Å². The number of nitrogens with one attached hydrogen (secondary N) is 1. The molecule has 0 saturated carbocycles. The Morgan fingerprint density at radius 1 is 1.10 bits per heavy atom. The standard InChI is InChI=1S/C23H32N2O3S/c1-6-21(23(26)24-19(4)14-15-20-10-8-7-9-11-20)25(29(5,27)28)22-16-17(2)12-13-18(22)3/h7-13,16,19,21H,6,14-15H2,1-5H3,(H,24,26)/t19-,21+/m0/s1. The highest BCUT2D eigenvalue weighted by Crippen LogP contribution is 2.27. The molecule has 0 bridgehead atoms. The largest absolute Gasteiger partial charge is 0.352 e. The van der Waals surface area contributed by atoms with Crippen molar-refractivity contribution in [2.45, 2.75) is 59.0 Å². The van der Waals surface area contributed by atoms with E-state index in [-0.39, 0.29) is 11.9 Å². The third-order valence-corrected chi connectivity index (χ3v) is 6.20. The quantitative estimate of drug-likeness (QED) is 0.672. The van der Waals surface area contributed by atoms with Crippen molar-refractivity contribution in [2.24, 2.45) is 0 Å². The van der Waals surface area contributed by atoms with E-state index in [1.165, 1.54) is 9.87 Å². The minimum atomic E-state index is -3.63. The molecule has 0 heterocycles. The van der Waals surface area contributed by atoms with E-state index < -0.39 is 16.1 Å². The maximum Gasteiger partial charge on any atom is 0.244 e. The van der Waals surface area contributed by atoms with E-state index in [1.54, 1.807) is 0 Å². The predicted octanol–water partition coefficient (Wildman–Crippen LogP) is 3.99. The predicted molar refractivity (Wildman–Crippen MR) is 120 cm³/mol. The van der Waals surface area contributed by atoms with Crippen LogP contribution in [0.15, 0.2) is 48.5 Å². The number of carbonyl (C=O) groups excluding carboxylic acids is 1. The van der Waals surface area contributed by atoms with Crippen LogP contribution in [0.3, 0.4) is 0 Å². The molecular formula is C23H32N2O3S. The summed E-state index contributed by atoms with van der Waals surface area (Å²) in [6, 6.07) is 14.9. The van der Waals surface area contributed by atoms with Crippen LogP contribution >= 0.6 is 0 Å². The number of nitrogens with zero attached hydrogens (tertiary/aromatic N) is 1. The summed E-state index contributed by atoms with van der Waals surface area (Å²) >= 11 is 0. The van der Waals surface area contributed by atoms with Gasteiger partial charge in [-0.15, -0.1) is 0 Å². The van der Waals surface area contributed by atoms with Gasteiger partial charge in [0.1, 0.15) is 6.04 Å². The van der Waals surface area contributed by atoms with Gasteiger partial charge in [0, 0.05) is 6.04 Å². The fourth-order valence-electron chi connectivity index (χ4n) is 3.43. The first kappa shape index (κ1) is 22.9. The zero-order chi connectivity index (χ0) is 21.6. The Labute approximate surface area is 175 Å². The maximum atomic E-state index is 13.0. The third-order valence-electron chi connectivity index (χ3n) is 5.03. The van der Waals surface area contributed by atoms with Gasteiger partial charge in [-0.25, -0.2) is 8.42 Å². The molecule has 0 saturated heterocycles. The van der Waals surface area contributed by atoms with Gasteiger partial charge in [-0.05, 0) is 62.8 Å². The molecule has 1 N–H and O–H groups in total. The molecule has 2 atom stereocenters. The molecule has 5 nitrogen and oxygen atoms in total. The minimum absolute atomic E-state index is 0.0585. The van der Waals surface area contributed by atoms with Crippen molar-refractivity contribution in [1.29, 1.82) is 0 Å². The highest BCUT2D eigenvalue weighted by Gasteiger charge is 2.32. The first-order chi connectivity index (χ1) is 13.6. The average Bonchev–Trinajstić information content (AvgIpc) is 2.66.